The van der Waals surface area contributed by atoms with E-state index in [1.807, 2.05) is 37.3 Å². The lowest BCUT2D eigenvalue weighted by molar-refractivity contribution is 0.0604. The van der Waals surface area contributed by atoms with Gasteiger partial charge in [0.05, 0.1) is 10.6 Å². The van der Waals surface area contributed by atoms with E-state index in [4.69, 9.17) is 11.6 Å². The Balaban J connectivity index is 1.43. The molecule has 2 aromatic heterocycles. The Hall–Kier alpha value is -2.99. The molecule has 1 aliphatic carbocycles. The second-order valence-corrected chi connectivity index (χ2v) is 8.81. The smallest absolute Gasteiger partial charge is 0.255 e. The summed E-state index contributed by atoms with van der Waals surface area (Å²) < 4.78 is 0. The van der Waals surface area contributed by atoms with E-state index in [2.05, 4.69) is 25.2 Å². The van der Waals surface area contributed by atoms with Crippen LogP contribution in [0, 0.1) is 12.8 Å². The third-order valence-corrected chi connectivity index (χ3v) is 6.42. The van der Waals surface area contributed by atoms with E-state index in [0.29, 0.717) is 34.9 Å². The second-order valence-electron chi connectivity index (χ2n) is 8.37. The van der Waals surface area contributed by atoms with Crippen LogP contribution in [-0.2, 0) is 0 Å². The van der Waals surface area contributed by atoms with Crippen molar-refractivity contribution in [2.75, 3.05) is 11.9 Å². The number of carbonyl (C=O) groups is 1. The predicted molar refractivity (Wildman–Crippen MR) is 121 cm³/mol. The van der Waals surface area contributed by atoms with E-state index in [1.54, 1.807) is 24.7 Å². The first-order valence-electron chi connectivity index (χ1n) is 10.7. The number of pyridine rings is 1. The molecule has 7 heteroatoms. The van der Waals surface area contributed by atoms with Crippen molar-refractivity contribution < 1.29 is 4.79 Å². The van der Waals surface area contributed by atoms with Crippen molar-refractivity contribution >= 4 is 23.3 Å². The molecule has 1 N–H and O–H groups in total. The number of piperidine rings is 1. The highest BCUT2D eigenvalue weighted by atomic mass is 35.5. The van der Waals surface area contributed by atoms with Crippen LogP contribution in [0.25, 0.3) is 11.4 Å². The molecule has 3 atom stereocenters. The number of fused-ring (bicyclic) bond motifs is 1. The van der Waals surface area contributed by atoms with Gasteiger partial charge >= 0.3 is 0 Å². The minimum Gasteiger partial charge on any atom is -0.368 e. The van der Waals surface area contributed by atoms with Crippen molar-refractivity contribution in [1.29, 1.82) is 0 Å². The molecular formula is C24H24ClN5O. The number of hydrogen-bond acceptors (Lipinski definition) is 5. The van der Waals surface area contributed by atoms with Crippen molar-refractivity contribution in [1.82, 2.24) is 19.9 Å². The van der Waals surface area contributed by atoms with Gasteiger partial charge in [-0.1, -0.05) is 29.3 Å². The lowest BCUT2D eigenvalue weighted by Gasteiger charge is -2.36. The number of benzene rings is 1. The van der Waals surface area contributed by atoms with Crippen LogP contribution in [0.1, 0.15) is 35.2 Å². The maximum Gasteiger partial charge on any atom is 0.255 e. The van der Waals surface area contributed by atoms with Crippen LogP contribution in [0.4, 0.5) is 5.82 Å². The molecule has 1 aromatic carbocycles. The van der Waals surface area contributed by atoms with Gasteiger partial charge in [-0.15, -0.1) is 0 Å². The van der Waals surface area contributed by atoms with Gasteiger partial charge in [0.15, 0.2) is 5.82 Å². The first-order chi connectivity index (χ1) is 15.1. The van der Waals surface area contributed by atoms with E-state index in [0.717, 1.165) is 36.2 Å². The number of hydrogen-bond donors (Lipinski definition) is 1. The summed E-state index contributed by atoms with van der Waals surface area (Å²) in [5.41, 5.74) is 2.51. The first kappa shape index (κ1) is 19.9. The number of halogens is 1. The minimum absolute atomic E-state index is 0.0641. The van der Waals surface area contributed by atoms with Crippen LogP contribution in [0.5, 0.6) is 0 Å². The monoisotopic (exact) mass is 433 g/mol. The summed E-state index contributed by atoms with van der Waals surface area (Å²) in [6, 6.07) is 11.8. The van der Waals surface area contributed by atoms with Crippen molar-refractivity contribution in [2.24, 2.45) is 5.92 Å². The highest BCUT2D eigenvalue weighted by Gasteiger charge is 2.50. The van der Waals surface area contributed by atoms with Crippen molar-refractivity contribution in [3.63, 3.8) is 0 Å². The summed E-state index contributed by atoms with van der Waals surface area (Å²) in [7, 11) is 0. The first-order valence-corrected chi connectivity index (χ1v) is 11.0. The van der Waals surface area contributed by atoms with Crippen LogP contribution in [0.3, 0.4) is 0 Å². The molecule has 2 fully saturated rings. The summed E-state index contributed by atoms with van der Waals surface area (Å²) in [6.07, 6.45) is 8.28. The molecule has 2 aliphatic rings. The van der Waals surface area contributed by atoms with Gasteiger partial charge in [0, 0.05) is 42.8 Å². The van der Waals surface area contributed by atoms with Crippen LogP contribution in [0.2, 0.25) is 5.02 Å². The molecule has 1 amide bonds. The Morgan fingerprint density at radius 1 is 1.16 bits per heavy atom. The molecule has 6 nitrogen and oxygen atoms in total. The normalized spacial score (nSPS) is 22.0. The van der Waals surface area contributed by atoms with Crippen molar-refractivity contribution in [3.05, 3.63) is 71.1 Å². The summed E-state index contributed by atoms with van der Waals surface area (Å²) in [4.78, 5) is 29.0. The number of anilines is 1. The molecule has 3 aromatic rings. The van der Waals surface area contributed by atoms with E-state index in [9.17, 15) is 4.79 Å². The largest absolute Gasteiger partial charge is 0.368 e. The van der Waals surface area contributed by atoms with Crippen LogP contribution in [-0.4, -0.2) is 44.4 Å². The quantitative estimate of drug-likeness (QED) is 0.636. The summed E-state index contributed by atoms with van der Waals surface area (Å²) in [6.45, 7) is 2.67. The summed E-state index contributed by atoms with van der Waals surface area (Å²) >= 11 is 5.94. The van der Waals surface area contributed by atoms with E-state index in [1.165, 1.54) is 0 Å². The molecule has 3 heterocycles. The van der Waals surface area contributed by atoms with Gasteiger partial charge < -0.3 is 10.2 Å². The minimum atomic E-state index is 0.0641. The molecule has 1 saturated heterocycles. The van der Waals surface area contributed by atoms with E-state index < -0.39 is 0 Å². The van der Waals surface area contributed by atoms with Gasteiger partial charge in [-0.2, -0.15) is 0 Å². The van der Waals surface area contributed by atoms with Gasteiger partial charge in [-0.05, 0) is 56.4 Å². The molecule has 1 aliphatic heterocycles. The maximum absolute atomic E-state index is 13.9. The lowest BCUT2D eigenvalue weighted by Crippen LogP contribution is -2.48. The molecule has 0 bridgehead atoms. The highest BCUT2D eigenvalue weighted by Crippen LogP contribution is 2.46. The average Bonchev–Trinajstić information content (AvgIpc) is 3.58. The van der Waals surface area contributed by atoms with Gasteiger partial charge in [0.25, 0.3) is 5.91 Å². The van der Waals surface area contributed by atoms with E-state index in [-0.39, 0.29) is 11.9 Å². The molecular weight excluding hydrogens is 410 g/mol. The Bertz CT molecular complexity index is 1090. The van der Waals surface area contributed by atoms with Gasteiger partial charge in [-0.3, -0.25) is 4.79 Å². The van der Waals surface area contributed by atoms with Gasteiger partial charge in [0.1, 0.15) is 5.82 Å². The number of nitrogens with one attached hydrogen (secondary N) is 1. The molecule has 0 spiro atoms. The highest BCUT2D eigenvalue weighted by molar-refractivity contribution is 6.30. The Morgan fingerprint density at radius 3 is 2.77 bits per heavy atom. The van der Waals surface area contributed by atoms with Crippen LogP contribution < -0.4 is 5.32 Å². The molecule has 31 heavy (non-hydrogen) atoms. The zero-order valence-corrected chi connectivity index (χ0v) is 18.1. The SMILES string of the molecule is Cc1ccc(-c2ncccn2)c(C(=O)N2[C@H](CNc3ccc(Cl)cn3)CC[C@H]3C[C@H]32)c1. The van der Waals surface area contributed by atoms with Crippen LogP contribution in [0.15, 0.2) is 55.0 Å². The number of aryl methyl sites for hydroxylation is 1. The van der Waals surface area contributed by atoms with Crippen molar-refractivity contribution in [2.45, 2.75) is 38.3 Å². The molecule has 5 rings (SSSR count). The Labute approximate surface area is 186 Å². The number of aromatic nitrogens is 3. The number of amides is 1. The number of rotatable bonds is 5. The van der Waals surface area contributed by atoms with Gasteiger partial charge in [-0.25, -0.2) is 15.0 Å². The van der Waals surface area contributed by atoms with Gasteiger partial charge in [0.2, 0.25) is 0 Å². The van der Waals surface area contributed by atoms with Crippen molar-refractivity contribution in [3.8, 4) is 11.4 Å². The Morgan fingerprint density at radius 2 is 2.00 bits per heavy atom. The second kappa shape index (κ2) is 8.27. The predicted octanol–water partition coefficient (Wildman–Crippen LogP) is 4.61. The standard InChI is InChI=1S/C24H24ClN5O/c1-15-3-7-19(23-26-9-2-10-27-23)20(11-15)24(31)30-18(6-4-16-12-21(16)30)14-29-22-8-5-17(25)13-28-22/h2-3,5,7-11,13,16,18,21H,4,6,12,14H2,1H3,(H,28,29)/t16-,18-,21+/m0/s1. The lowest BCUT2D eigenvalue weighted by atomic mass is 9.97. The Kier molecular flexibility index (Phi) is 5.32. The zero-order valence-electron chi connectivity index (χ0n) is 17.3. The molecule has 1 saturated carbocycles. The average molecular weight is 434 g/mol. The molecule has 158 valence electrons. The topological polar surface area (TPSA) is 71.0 Å². The van der Waals surface area contributed by atoms with Crippen LogP contribution >= 0.6 is 11.6 Å². The molecule has 0 radical (unpaired) electrons. The maximum atomic E-state index is 13.9. The van der Waals surface area contributed by atoms with E-state index >= 15 is 0 Å². The number of likely N-dealkylation sites (tertiary alicyclic amines) is 1. The molecule has 0 unspecified atom stereocenters. The summed E-state index contributed by atoms with van der Waals surface area (Å²) in [5, 5.41) is 3.99. The number of nitrogens with zero attached hydrogens (tertiary/aromatic N) is 4. The fourth-order valence-electron chi connectivity index (χ4n) is 4.53. The fraction of sp³-hybridized carbons (Fsp3) is 0.333. The summed E-state index contributed by atoms with van der Waals surface area (Å²) in [5.74, 6) is 2.03. The third-order valence-electron chi connectivity index (χ3n) is 6.20. The zero-order chi connectivity index (χ0) is 21.4. The fourth-order valence-corrected chi connectivity index (χ4v) is 4.64. The number of carbonyl (C=O) groups excluding carboxylic acids is 1. The third kappa shape index (κ3) is 4.12.